The number of hydrogen-bond acceptors (Lipinski definition) is 3. The van der Waals surface area contributed by atoms with Crippen LogP contribution in [0.5, 0.6) is 0 Å². The quantitative estimate of drug-likeness (QED) is 0.822. The molecule has 0 saturated heterocycles. The van der Waals surface area contributed by atoms with E-state index in [-0.39, 0.29) is 12.2 Å². The smallest absolute Gasteiger partial charge is 0.385 e. The Balaban J connectivity index is 2.33. The van der Waals surface area contributed by atoms with Crippen LogP contribution in [0.1, 0.15) is 28.0 Å². The van der Waals surface area contributed by atoms with Crippen LogP contribution in [0, 0.1) is 6.92 Å². The molecule has 0 atom stereocenters. The molecule has 130 valence electrons. The molecule has 1 aromatic carbocycles. The third-order valence-electron chi connectivity index (χ3n) is 3.37. The molecule has 0 unspecified atom stereocenters. The normalized spacial score (nSPS) is 11.5. The summed E-state index contributed by atoms with van der Waals surface area (Å²) >= 11 is 0. The Hall–Kier alpha value is -2.35. The monoisotopic (exact) mass is 341 g/mol. The predicted octanol–water partition coefficient (Wildman–Crippen LogP) is 2.97. The number of amides is 1. The van der Waals surface area contributed by atoms with Crippen molar-refractivity contribution in [3.63, 3.8) is 0 Å². The molecule has 1 amide bonds. The molecule has 5 nitrogen and oxygen atoms in total. The lowest BCUT2D eigenvalue weighted by atomic mass is 10.2. The lowest BCUT2D eigenvalue weighted by molar-refractivity contribution is -0.143. The summed E-state index contributed by atoms with van der Waals surface area (Å²) in [4.78, 5) is 12.1. The van der Waals surface area contributed by atoms with E-state index in [1.165, 1.54) is 19.2 Å². The molecule has 8 heteroatoms. The Labute approximate surface area is 137 Å². The molecule has 1 aromatic heterocycles. The summed E-state index contributed by atoms with van der Waals surface area (Å²) in [7, 11) is 1.51. The number of aromatic nitrogens is 2. The molecule has 0 radical (unpaired) electrons. The highest BCUT2D eigenvalue weighted by Crippen LogP contribution is 2.33. The summed E-state index contributed by atoms with van der Waals surface area (Å²) in [6, 6.07) is 6.42. The second kappa shape index (κ2) is 7.48. The molecule has 1 heterocycles. The lowest BCUT2D eigenvalue weighted by Crippen LogP contribution is -2.28. The van der Waals surface area contributed by atoms with Crippen molar-refractivity contribution in [1.29, 1.82) is 0 Å². The molecule has 2 rings (SSSR count). The molecule has 0 saturated carbocycles. The van der Waals surface area contributed by atoms with E-state index in [1.54, 1.807) is 12.1 Å². The fourth-order valence-corrected chi connectivity index (χ4v) is 2.18. The molecule has 0 spiro atoms. The molecule has 0 aliphatic carbocycles. The Morgan fingerprint density at radius 1 is 1.29 bits per heavy atom. The number of alkyl halides is 3. The maximum atomic E-state index is 13.4. The summed E-state index contributed by atoms with van der Waals surface area (Å²) in [5, 5.41) is 6.21. The average molecular weight is 341 g/mol. The number of methoxy groups -OCH3 is 1. The van der Waals surface area contributed by atoms with Gasteiger partial charge in [-0.1, -0.05) is 17.7 Å². The maximum absolute atomic E-state index is 13.4. The van der Waals surface area contributed by atoms with E-state index in [0.29, 0.717) is 13.0 Å². The van der Waals surface area contributed by atoms with Crippen LogP contribution in [-0.4, -0.2) is 35.9 Å². The SMILES string of the molecule is COCCCNC(=O)c1cnn(-c2ccc(C)cc2)c1C(F)(F)F. The van der Waals surface area contributed by atoms with E-state index in [4.69, 9.17) is 4.74 Å². The molecule has 24 heavy (non-hydrogen) atoms. The fourth-order valence-electron chi connectivity index (χ4n) is 2.18. The van der Waals surface area contributed by atoms with Gasteiger partial charge in [0.05, 0.1) is 17.4 Å². The first-order valence-corrected chi connectivity index (χ1v) is 7.34. The Morgan fingerprint density at radius 2 is 1.96 bits per heavy atom. The Kier molecular flexibility index (Phi) is 5.61. The zero-order valence-corrected chi connectivity index (χ0v) is 13.4. The number of rotatable bonds is 6. The molecule has 2 aromatic rings. The van der Waals surface area contributed by atoms with Gasteiger partial charge < -0.3 is 10.1 Å². The van der Waals surface area contributed by atoms with E-state index in [9.17, 15) is 18.0 Å². The largest absolute Gasteiger partial charge is 0.434 e. The summed E-state index contributed by atoms with van der Waals surface area (Å²) in [6.07, 6.45) is -3.26. The van der Waals surface area contributed by atoms with Crippen molar-refractivity contribution in [3.05, 3.63) is 47.3 Å². The van der Waals surface area contributed by atoms with Gasteiger partial charge in [-0.05, 0) is 25.5 Å². The second-order valence-electron chi connectivity index (χ2n) is 5.25. The van der Waals surface area contributed by atoms with Crippen LogP contribution in [0.2, 0.25) is 0 Å². The molecular formula is C16H18F3N3O2. The van der Waals surface area contributed by atoms with E-state index in [2.05, 4.69) is 10.4 Å². The van der Waals surface area contributed by atoms with Gasteiger partial charge in [-0.15, -0.1) is 0 Å². The van der Waals surface area contributed by atoms with Crippen LogP contribution < -0.4 is 5.32 Å². The van der Waals surface area contributed by atoms with Crippen molar-refractivity contribution in [2.24, 2.45) is 0 Å². The number of aryl methyl sites for hydroxylation is 1. The Bertz CT molecular complexity index is 694. The van der Waals surface area contributed by atoms with Crippen LogP contribution in [0.4, 0.5) is 13.2 Å². The van der Waals surface area contributed by atoms with E-state index >= 15 is 0 Å². The highest BCUT2D eigenvalue weighted by Gasteiger charge is 2.40. The van der Waals surface area contributed by atoms with Gasteiger partial charge in [0.15, 0.2) is 5.69 Å². The van der Waals surface area contributed by atoms with Crippen molar-refractivity contribution in [2.75, 3.05) is 20.3 Å². The molecule has 0 bridgehead atoms. The maximum Gasteiger partial charge on any atom is 0.434 e. The summed E-state index contributed by atoms with van der Waals surface area (Å²) in [5.41, 5.74) is -0.432. The summed E-state index contributed by atoms with van der Waals surface area (Å²) in [6.45, 7) is 2.46. The van der Waals surface area contributed by atoms with Gasteiger partial charge in [-0.3, -0.25) is 4.79 Å². The van der Waals surface area contributed by atoms with Crippen molar-refractivity contribution in [2.45, 2.75) is 19.5 Å². The standard InChI is InChI=1S/C16H18F3N3O2/c1-11-4-6-12(7-5-11)22-14(16(17,18)19)13(10-21-22)15(23)20-8-3-9-24-2/h4-7,10H,3,8-9H2,1-2H3,(H,20,23). The van der Waals surface area contributed by atoms with Crippen molar-refractivity contribution in [3.8, 4) is 5.69 Å². The topological polar surface area (TPSA) is 56.1 Å². The first-order chi connectivity index (χ1) is 11.3. The van der Waals surface area contributed by atoms with Crippen LogP contribution in [-0.2, 0) is 10.9 Å². The number of ether oxygens (including phenoxy) is 1. The minimum atomic E-state index is -4.71. The number of nitrogens with one attached hydrogen (secondary N) is 1. The van der Waals surface area contributed by atoms with E-state index in [1.807, 2.05) is 6.92 Å². The van der Waals surface area contributed by atoms with Gasteiger partial charge in [-0.25, -0.2) is 4.68 Å². The summed E-state index contributed by atoms with van der Waals surface area (Å²) < 4.78 is 45.9. The van der Waals surface area contributed by atoms with Crippen LogP contribution in [0.15, 0.2) is 30.5 Å². The molecular weight excluding hydrogens is 323 g/mol. The van der Waals surface area contributed by atoms with E-state index in [0.717, 1.165) is 16.4 Å². The second-order valence-corrected chi connectivity index (χ2v) is 5.25. The summed E-state index contributed by atoms with van der Waals surface area (Å²) in [5.74, 6) is -0.809. The molecule has 0 aliphatic rings. The van der Waals surface area contributed by atoms with Crippen LogP contribution in [0.3, 0.4) is 0 Å². The van der Waals surface area contributed by atoms with Gasteiger partial charge in [0.1, 0.15) is 0 Å². The number of carbonyl (C=O) groups excluding carboxylic acids is 1. The van der Waals surface area contributed by atoms with Gasteiger partial charge >= 0.3 is 6.18 Å². The van der Waals surface area contributed by atoms with Gasteiger partial charge in [0.25, 0.3) is 5.91 Å². The fraction of sp³-hybridized carbons (Fsp3) is 0.375. The average Bonchev–Trinajstić information content (AvgIpc) is 2.97. The lowest BCUT2D eigenvalue weighted by Gasteiger charge is -2.13. The van der Waals surface area contributed by atoms with Gasteiger partial charge in [-0.2, -0.15) is 18.3 Å². The first kappa shape index (κ1) is 18.0. The van der Waals surface area contributed by atoms with Gasteiger partial charge in [0.2, 0.25) is 0 Å². The molecule has 0 aliphatic heterocycles. The van der Waals surface area contributed by atoms with Crippen molar-refractivity contribution < 1.29 is 22.7 Å². The van der Waals surface area contributed by atoms with Crippen LogP contribution >= 0.6 is 0 Å². The van der Waals surface area contributed by atoms with Crippen LogP contribution in [0.25, 0.3) is 5.69 Å². The molecule has 0 fully saturated rings. The number of carbonyl (C=O) groups is 1. The highest BCUT2D eigenvalue weighted by molar-refractivity contribution is 5.95. The minimum absolute atomic E-state index is 0.222. The van der Waals surface area contributed by atoms with E-state index < -0.39 is 23.3 Å². The van der Waals surface area contributed by atoms with Gasteiger partial charge in [0, 0.05) is 20.3 Å². The predicted molar refractivity (Wildman–Crippen MR) is 82.1 cm³/mol. The van der Waals surface area contributed by atoms with Crippen molar-refractivity contribution in [1.82, 2.24) is 15.1 Å². The van der Waals surface area contributed by atoms with Crippen molar-refractivity contribution >= 4 is 5.91 Å². The first-order valence-electron chi connectivity index (χ1n) is 7.34. The third kappa shape index (κ3) is 4.14. The number of benzene rings is 1. The highest BCUT2D eigenvalue weighted by atomic mass is 19.4. The number of nitrogens with zero attached hydrogens (tertiary/aromatic N) is 2. The Morgan fingerprint density at radius 3 is 2.54 bits per heavy atom. The number of halogens is 3. The zero-order valence-electron chi connectivity index (χ0n) is 13.4. The molecule has 1 N–H and O–H groups in total. The minimum Gasteiger partial charge on any atom is -0.385 e. The third-order valence-corrected chi connectivity index (χ3v) is 3.37. The number of hydrogen-bond donors (Lipinski definition) is 1. The zero-order chi connectivity index (χ0) is 17.7.